The Balaban J connectivity index is 2.01. The number of hydrogen-bond acceptors (Lipinski definition) is 4. The smallest absolute Gasteiger partial charge is 0.338 e. The summed E-state index contributed by atoms with van der Waals surface area (Å²) < 4.78 is 45.7. The van der Waals surface area contributed by atoms with E-state index in [4.69, 9.17) is 4.74 Å². The first kappa shape index (κ1) is 17.4. The number of nitrogens with zero attached hydrogens (tertiary/aromatic N) is 1. The number of carbonyl (C=O) groups excluding carboxylic acids is 1. The summed E-state index contributed by atoms with van der Waals surface area (Å²) in [6, 6.07) is 9.87. The van der Waals surface area contributed by atoms with Crippen LogP contribution in [0.25, 0.3) is 0 Å². The summed E-state index contributed by atoms with van der Waals surface area (Å²) in [5.74, 6) is -0.956. The van der Waals surface area contributed by atoms with Gasteiger partial charge in [-0.25, -0.2) is 17.6 Å². The van der Waals surface area contributed by atoms with Crippen molar-refractivity contribution in [1.82, 2.24) is 0 Å². The van der Waals surface area contributed by atoms with Crippen molar-refractivity contribution in [2.24, 2.45) is 0 Å². The molecule has 0 unspecified atom stereocenters. The van der Waals surface area contributed by atoms with E-state index in [0.717, 1.165) is 0 Å². The standard InChI is InChI=1S/C18H18FNO4S/c1-2-24-18(21)14-5-3-7-16(12-14)25(22,23)20-10-4-6-13-11-15(19)8-9-17(13)20/h3,5,7-9,11-12H,2,4,6,10H2,1H3. The number of esters is 1. The van der Waals surface area contributed by atoms with Gasteiger partial charge in [0.05, 0.1) is 22.8 Å². The fourth-order valence-corrected chi connectivity index (χ4v) is 4.49. The van der Waals surface area contributed by atoms with Crippen LogP contribution in [0, 0.1) is 5.82 Å². The quantitative estimate of drug-likeness (QED) is 0.783. The van der Waals surface area contributed by atoms with E-state index in [1.807, 2.05) is 0 Å². The summed E-state index contributed by atoms with van der Waals surface area (Å²) in [5, 5.41) is 0. The van der Waals surface area contributed by atoms with Gasteiger partial charge in [0, 0.05) is 6.54 Å². The summed E-state index contributed by atoms with van der Waals surface area (Å²) in [5.41, 5.74) is 1.32. The number of benzene rings is 2. The average Bonchev–Trinajstić information content (AvgIpc) is 2.61. The van der Waals surface area contributed by atoms with Gasteiger partial charge in [0.25, 0.3) is 10.0 Å². The van der Waals surface area contributed by atoms with Crippen LogP contribution in [0.3, 0.4) is 0 Å². The van der Waals surface area contributed by atoms with Gasteiger partial charge < -0.3 is 4.74 Å². The molecule has 7 heteroatoms. The molecule has 0 aromatic heterocycles. The topological polar surface area (TPSA) is 63.7 Å². The lowest BCUT2D eigenvalue weighted by atomic mass is 10.0. The number of anilines is 1. The molecule has 3 rings (SSSR count). The zero-order valence-electron chi connectivity index (χ0n) is 13.7. The summed E-state index contributed by atoms with van der Waals surface area (Å²) in [6.07, 6.45) is 1.23. The van der Waals surface area contributed by atoms with E-state index in [2.05, 4.69) is 0 Å². The van der Waals surface area contributed by atoms with Crippen molar-refractivity contribution in [3.05, 3.63) is 59.4 Å². The molecule has 25 heavy (non-hydrogen) atoms. The Hall–Kier alpha value is -2.41. The zero-order chi connectivity index (χ0) is 18.0. The predicted molar refractivity (Wildman–Crippen MR) is 91.7 cm³/mol. The molecule has 0 amide bonds. The molecule has 0 bridgehead atoms. The minimum absolute atomic E-state index is 0.00947. The third-order valence-electron chi connectivity index (χ3n) is 4.05. The van der Waals surface area contributed by atoms with Crippen LogP contribution in [-0.2, 0) is 21.2 Å². The van der Waals surface area contributed by atoms with Crippen LogP contribution in [-0.4, -0.2) is 27.5 Å². The molecule has 1 aliphatic rings. The largest absolute Gasteiger partial charge is 0.462 e. The van der Waals surface area contributed by atoms with Crippen LogP contribution in [0.4, 0.5) is 10.1 Å². The minimum Gasteiger partial charge on any atom is -0.462 e. The first-order chi connectivity index (χ1) is 11.9. The van der Waals surface area contributed by atoms with Crippen LogP contribution in [0.5, 0.6) is 0 Å². The molecule has 0 radical (unpaired) electrons. The number of rotatable bonds is 4. The second-order valence-corrected chi connectivity index (χ2v) is 7.56. The molecular formula is C18H18FNO4S. The number of sulfonamides is 1. The van der Waals surface area contributed by atoms with Gasteiger partial charge >= 0.3 is 5.97 Å². The van der Waals surface area contributed by atoms with Gasteiger partial charge in [-0.2, -0.15) is 0 Å². The third-order valence-corrected chi connectivity index (χ3v) is 5.86. The van der Waals surface area contributed by atoms with Crippen LogP contribution >= 0.6 is 0 Å². The number of carbonyl (C=O) groups is 1. The number of fused-ring (bicyclic) bond motifs is 1. The number of halogens is 1. The molecule has 0 fully saturated rings. The maximum Gasteiger partial charge on any atom is 0.338 e. The van der Waals surface area contributed by atoms with E-state index in [0.29, 0.717) is 30.6 Å². The van der Waals surface area contributed by atoms with Gasteiger partial charge in [0.1, 0.15) is 5.82 Å². The minimum atomic E-state index is -3.86. The summed E-state index contributed by atoms with van der Waals surface area (Å²) in [6.45, 7) is 2.20. The Morgan fingerprint density at radius 3 is 2.80 bits per heavy atom. The number of ether oxygens (including phenoxy) is 1. The highest BCUT2D eigenvalue weighted by Gasteiger charge is 2.29. The lowest BCUT2D eigenvalue weighted by Crippen LogP contribution is -2.35. The van der Waals surface area contributed by atoms with Crippen molar-refractivity contribution in [1.29, 1.82) is 0 Å². The molecule has 0 saturated heterocycles. The lowest BCUT2D eigenvalue weighted by molar-refractivity contribution is 0.0526. The van der Waals surface area contributed by atoms with Gasteiger partial charge in [0.2, 0.25) is 0 Å². The molecule has 0 aliphatic carbocycles. The Morgan fingerprint density at radius 2 is 2.04 bits per heavy atom. The predicted octanol–water partition coefficient (Wildman–Crippen LogP) is 3.14. The van der Waals surface area contributed by atoms with E-state index >= 15 is 0 Å². The van der Waals surface area contributed by atoms with Gasteiger partial charge in [-0.05, 0) is 61.7 Å². The summed E-state index contributed by atoms with van der Waals surface area (Å²) in [7, 11) is -3.86. The van der Waals surface area contributed by atoms with Crippen LogP contribution < -0.4 is 4.31 Å². The van der Waals surface area contributed by atoms with Crippen LogP contribution in [0.15, 0.2) is 47.4 Å². The molecule has 2 aromatic carbocycles. The first-order valence-electron chi connectivity index (χ1n) is 8.02. The molecule has 5 nitrogen and oxygen atoms in total. The fraction of sp³-hybridized carbons (Fsp3) is 0.278. The van der Waals surface area contributed by atoms with Gasteiger partial charge in [-0.1, -0.05) is 6.07 Å². The fourth-order valence-electron chi connectivity index (χ4n) is 2.91. The molecule has 2 aromatic rings. The van der Waals surface area contributed by atoms with E-state index in [1.54, 1.807) is 6.92 Å². The maximum atomic E-state index is 13.4. The van der Waals surface area contributed by atoms with Crippen LogP contribution in [0.1, 0.15) is 29.3 Å². The molecule has 0 atom stereocenters. The highest BCUT2D eigenvalue weighted by molar-refractivity contribution is 7.92. The normalized spacial score (nSPS) is 14.1. The first-order valence-corrected chi connectivity index (χ1v) is 9.46. The van der Waals surface area contributed by atoms with Gasteiger partial charge in [-0.15, -0.1) is 0 Å². The van der Waals surface area contributed by atoms with Gasteiger partial charge in [-0.3, -0.25) is 4.31 Å². The summed E-state index contributed by atoms with van der Waals surface area (Å²) >= 11 is 0. The Morgan fingerprint density at radius 1 is 1.24 bits per heavy atom. The van der Waals surface area contributed by atoms with E-state index in [-0.39, 0.29) is 22.9 Å². The molecule has 0 spiro atoms. The lowest BCUT2D eigenvalue weighted by Gasteiger charge is -2.30. The second kappa shape index (κ2) is 6.84. The monoisotopic (exact) mass is 363 g/mol. The Kier molecular flexibility index (Phi) is 4.76. The number of hydrogen-bond donors (Lipinski definition) is 0. The van der Waals surface area contributed by atoms with E-state index in [1.165, 1.54) is 46.8 Å². The molecule has 0 N–H and O–H groups in total. The number of aryl methyl sites for hydroxylation is 1. The highest BCUT2D eigenvalue weighted by atomic mass is 32.2. The molecule has 1 aliphatic heterocycles. The van der Waals surface area contributed by atoms with Crippen molar-refractivity contribution < 1.29 is 22.3 Å². The van der Waals surface area contributed by atoms with Crippen molar-refractivity contribution in [3.63, 3.8) is 0 Å². The van der Waals surface area contributed by atoms with Crippen molar-refractivity contribution in [2.75, 3.05) is 17.5 Å². The van der Waals surface area contributed by atoms with E-state index in [9.17, 15) is 17.6 Å². The Labute approximate surface area is 146 Å². The molecule has 1 heterocycles. The molecule has 0 saturated carbocycles. The van der Waals surface area contributed by atoms with Gasteiger partial charge in [0.15, 0.2) is 0 Å². The zero-order valence-corrected chi connectivity index (χ0v) is 14.6. The van der Waals surface area contributed by atoms with Crippen molar-refractivity contribution in [2.45, 2.75) is 24.7 Å². The highest BCUT2D eigenvalue weighted by Crippen LogP contribution is 2.32. The van der Waals surface area contributed by atoms with Crippen LogP contribution in [0.2, 0.25) is 0 Å². The molecule has 132 valence electrons. The Bertz CT molecular complexity index is 911. The average molecular weight is 363 g/mol. The van der Waals surface area contributed by atoms with E-state index < -0.39 is 16.0 Å². The molecular weight excluding hydrogens is 345 g/mol. The summed E-state index contributed by atoms with van der Waals surface area (Å²) in [4.78, 5) is 11.9. The third kappa shape index (κ3) is 3.37. The van der Waals surface area contributed by atoms with Crippen molar-refractivity contribution >= 4 is 21.7 Å². The van der Waals surface area contributed by atoms with Crippen molar-refractivity contribution in [3.8, 4) is 0 Å². The second-order valence-electron chi connectivity index (χ2n) is 5.70. The maximum absolute atomic E-state index is 13.4. The SMILES string of the molecule is CCOC(=O)c1cccc(S(=O)(=O)N2CCCc3cc(F)ccc32)c1.